The molecule has 1 aliphatic carbocycles. The molecule has 0 heterocycles. The maximum Gasteiger partial charge on any atom is 0.312 e. The molecule has 0 saturated heterocycles. The number of nitrogens with one attached hydrogen (secondary N) is 2. The number of urea groups is 2. The highest BCUT2D eigenvalue weighted by atomic mass is 16.2. The Morgan fingerprint density at radius 2 is 1.73 bits per heavy atom. The molecule has 6 N–H and O–H groups in total. The minimum Gasteiger partial charge on any atom is -0.352 e. The van der Waals surface area contributed by atoms with Crippen molar-refractivity contribution in [2.75, 3.05) is 0 Å². The molecule has 0 spiro atoms. The number of hydrogen-bond acceptors (Lipinski definition) is 2. The molecule has 0 aromatic carbocycles. The number of amides is 4. The van der Waals surface area contributed by atoms with E-state index in [-0.39, 0.29) is 12.1 Å². The van der Waals surface area contributed by atoms with Crippen LogP contribution >= 0.6 is 0 Å². The van der Waals surface area contributed by atoms with Crippen molar-refractivity contribution in [1.82, 2.24) is 10.6 Å². The van der Waals surface area contributed by atoms with Gasteiger partial charge in [0.2, 0.25) is 0 Å². The lowest BCUT2D eigenvalue weighted by Gasteiger charge is -2.34. The van der Waals surface area contributed by atoms with Crippen LogP contribution in [0.5, 0.6) is 0 Å². The van der Waals surface area contributed by atoms with Gasteiger partial charge in [0.15, 0.2) is 0 Å². The van der Waals surface area contributed by atoms with Gasteiger partial charge in [-0.25, -0.2) is 9.59 Å². The number of carbonyl (C=O) groups excluding carboxylic acids is 2. The van der Waals surface area contributed by atoms with Gasteiger partial charge in [-0.1, -0.05) is 6.92 Å². The second kappa shape index (κ2) is 4.86. The topological polar surface area (TPSA) is 110 Å². The molecule has 6 nitrogen and oxygen atoms in total. The molecule has 1 saturated carbocycles. The third-order valence-electron chi connectivity index (χ3n) is 2.87. The second-order valence-corrected chi connectivity index (χ2v) is 4.11. The Balaban J connectivity index is 2.47. The Hall–Kier alpha value is -1.46. The van der Waals surface area contributed by atoms with E-state index >= 15 is 0 Å². The fourth-order valence-corrected chi connectivity index (χ4v) is 2.04. The van der Waals surface area contributed by atoms with Gasteiger partial charge in [0.25, 0.3) is 0 Å². The van der Waals surface area contributed by atoms with Gasteiger partial charge in [-0.15, -0.1) is 0 Å². The van der Waals surface area contributed by atoms with Crippen molar-refractivity contribution in [3.8, 4) is 0 Å². The van der Waals surface area contributed by atoms with Crippen LogP contribution in [-0.2, 0) is 0 Å². The smallest absolute Gasteiger partial charge is 0.312 e. The Morgan fingerprint density at radius 1 is 1.13 bits per heavy atom. The number of primary amides is 2. The van der Waals surface area contributed by atoms with E-state index < -0.39 is 12.1 Å². The molecule has 0 aromatic heterocycles. The van der Waals surface area contributed by atoms with Crippen molar-refractivity contribution < 1.29 is 9.59 Å². The van der Waals surface area contributed by atoms with E-state index in [9.17, 15) is 9.59 Å². The first kappa shape index (κ1) is 11.6. The van der Waals surface area contributed by atoms with E-state index in [0.29, 0.717) is 12.3 Å². The Morgan fingerprint density at radius 3 is 2.27 bits per heavy atom. The van der Waals surface area contributed by atoms with Gasteiger partial charge in [-0.05, 0) is 25.2 Å². The van der Waals surface area contributed by atoms with E-state index in [0.717, 1.165) is 12.8 Å². The van der Waals surface area contributed by atoms with Gasteiger partial charge >= 0.3 is 12.1 Å². The van der Waals surface area contributed by atoms with Crippen LogP contribution in [0.2, 0.25) is 0 Å². The molecule has 0 aromatic rings. The summed E-state index contributed by atoms with van der Waals surface area (Å²) in [5.74, 6) is 0.378. The normalized spacial score (nSPS) is 30.6. The lowest BCUT2D eigenvalue weighted by Crippen LogP contribution is -2.51. The highest BCUT2D eigenvalue weighted by Crippen LogP contribution is 2.24. The van der Waals surface area contributed by atoms with E-state index in [4.69, 9.17) is 11.5 Å². The van der Waals surface area contributed by atoms with Gasteiger partial charge in [-0.3, -0.25) is 0 Å². The SMILES string of the molecule is CC1CCC(NC(N)=O)CC1NC(N)=O. The Kier molecular flexibility index (Phi) is 3.76. The van der Waals surface area contributed by atoms with Crippen molar-refractivity contribution in [2.24, 2.45) is 17.4 Å². The third-order valence-corrected chi connectivity index (χ3v) is 2.87. The summed E-state index contributed by atoms with van der Waals surface area (Å²) in [4.78, 5) is 21.4. The maximum atomic E-state index is 10.7. The van der Waals surface area contributed by atoms with E-state index in [2.05, 4.69) is 17.6 Å². The molecule has 86 valence electrons. The first-order chi connectivity index (χ1) is 6.99. The number of hydrogen-bond donors (Lipinski definition) is 4. The molecule has 15 heavy (non-hydrogen) atoms. The number of rotatable bonds is 2. The molecule has 0 radical (unpaired) electrons. The van der Waals surface area contributed by atoms with Crippen LogP contribution < -0.4 is 22.1 Å². The summed E-state index contributed by atoms with van der Waals surface area (Å²) in [5.41, 5.74) is 10.1. The summed E-state index contributed by atoms with van der Waals surface area (Å²) < 4.78 is 0. The van der Waals surface area contributed by atoms with Gasteiger partial charge in [0, 0.05) is 12.1 Å². The summed E-state index contributed by atoms with van der Waals surface area (Å²) in [6, 6.07) is -0.984. The van der Waals surface area contributed by atoms with Crippen LogP contribution in [0.4, 0.5) is 9.59 Å². The standard InChI is InChI=1S/C9H18N4O2/c1-5-2-3-6(12-8(10)14)4-7(5)13-9(11)15/h5-7H,2-4H2,1H3,(H3,10,12,14)(H3,11,13,15). The minimum atomic E-state index is -0.522. The minimum absolute atomic E-state index is 0.0214. The number of nitrogens with two attached hydrogens (primary N) is 2. The molecule has 3 unspecified atom stereocenters. The summed E-state index contributed by atoms with van der Waals surface area (Å²) in [5, 5.41) is 5.33. The molecule has 1 rings (SSSR count). The first-order valence-corrected chi connectivity index (χ1v) is 5.11. The average molecular weight is 214 g/mol. The van der Waals surface area contributed by atoms with Crippen molar-refractivity contribution in [3.05, 3.63) is 0 Å². The third kappa shape index (κ3) is 3.65. The fourth-order valence-electron chi connectivity index (χ4n) is 2.04. The molecule has 6 heteroatoms. The monoisotopic (exact) mass is 214 g/mol. The fraction of sp³-hybridized carbons (Fsp3) is 0.778. The van der Waals surface area contributed by atoms with Crippen molar-refractivity contribution in [1.29, 1.82) is 0 Å². The molecule has 1 aliphatic rings. The summed E-state index contributed by atoms with van der Waals surface area (Å²) >= 11 is 0. The van der Waals surface area contributed by atoms with Crippen LogP contribution in [0.1, 0.15) is 26.2 Å². The van der Waals surface area contributed by atoms with Gasteiger partial charge < -0.3 is 22.1 Å². The van der Waals surface area contributed by atoms with E-state index in [1.54, 1.807) is 0 Å². The molecule has 4 amide bonds. The van der Waals surface area contributed by atoms with Gasteiger partial charge in [-0.2, -0.15) is 0 Å². The van der Waals surface area contributed by atoms with E-state index in [1.807, 2.05) is 0 Å². The molecular weight excluding hydrogens is 196 g/mol. The van der Waals surface area contributed by atoms with Gasteiger partial charge in [0.1, 0.15) is 0 Å². The molecule has 3 atom stereocenters. The molecule has 0 aliphatic heterocycles. The molecule has 0 bridgehead atoms. The maximum absolute atomic E-state index is 10.7. The van der Waals surface area contributed by atoms with E-state index in [1.165, 1.54) is 0 Å². The van der Waals surface area contributed by atoms with Crippen molar-refractivity contribution in [2.45, 2.75) is 38.3 Å². The Bertz CT molecular complexity index is 256. The average Bonchev–Trinajstić information content (AvgIpc) is 2.09. The number of carbonyl (C=O) groups is 2. The zero-order valence-electron chi connectivity index (χ0n) is 8.82. The lowest BCUT2D eigenvalue weighted by molar-refractivity contribution is 0.211. The van der Waals surface area contributed by atoms with Crippen molar-refractivity contribution in [3.63, 3.8) is 0 Å². The second-order valence-electron chi connectivity index (χ2n) is 4.11. The zero-order chi connectivity index (χ0) is 11.4. The molecule has 1 fully saturated rings. The summed E-state index contributed by atoms with van der Waals surface area (Å²) in [6.45, 7) is 2.06. The predicted molar refractivity (Wildman–Crippen MR) is 56.0 cm³/mol. The highest BCUT2D eigenvalue weighted by molar-refractivity contribution is 5.72. The summed E-state index contributed by atoms with van der Waals surface area (Å²) in [7, 11) is 0. The van der Waals surface area contributed by atoms with Crippen LogP contribution in [0.3, 0.4) is 0 Å². The van der Waals surface area contributed by atoms with Crippen LogP contribution in [0.25, 0.3) is 0 Å². The quantitative estimate of drug-likeness (QED) is 0.514. The van der Waals surface area contributed by atoms with Crippen LogP contribution in [0.15, 0.2) is 0 Å². The summed E-state index contributed by atoms with van der Waals surface area (Å²) in [6.07, 6.45) is 2.52. The lowest BCUT2D eigenvalue weighted by atomic mass is 9.83. The molecular formula is C9H18N4O2. The predicted octanol–water partition coefficient (Wildman–Crippen LogP) is -0.120. The first-order valence-electron chi connectivity index (χ1n) is 5.11. The zero-order valence-corrected chi connectivity index (χ0v) is 8.82. The van der Waals surface area contributed by atoms with Crippen molar-refractivity contribution >= 4 is 12.1 Å². The largest absolute Gasteiger partial charge is 0.352 e. The highest BCUT2D eigenvalue weighted by Gasteiger charge is 2.28. The van der Waals surface area contributed by atoms with Crippen LogP contribution in [-0.4, -0.2) is 24.1 Å². The van der Waals surface area contributed by atoms with Gasteiger partial charge in [0.05, 0.1) is 0 Å². The Labute approximate surface area is 88.8 Å². The van der Waals surface area contributed by atoms with Crippen LogP contribution in [0, 0.1) is 5.92 Å².